The summed E-state index contributed by atoms with van der Waals surface area (Å²) in [5.41, 5.74) is 8.66. The van der Waals surface area contributed by atoms with Crippen molar-refractivity contribution in [1.29, 1.82) is 0 Å². The molecule has 1 aromatic carbocycles. The van der Waals surface area contributed by atoms with Gasteiger partial charge in [-0.1, -0.05) is 5.16 Å². The summed E-state index contributed by atoms with van der Waals surface area (Å²) in [7, 11) is 4.72. The second-order valence-corrected chi connectivity index (χ2v) is 6.10. The first-order chi connectivity index (χ1) is 13.5. The van der Waals surface area contributed by atoms with Crippen LogP contribution in [0.2, 0.25) is 0 Å². The highest BCUT2D eigenvalue weighted by molar-refractivity contribution is 5.55. The number of nitrogens with one attached hydrogen (secondary N) is 1. The van der Waals surface area contributed by atoms with E-state index in [1.54, 1.807) is 27.5 Å². The molecule has 148 valence electrons. The molecule has 3 rings (SSSR count). The lowest BCUT2D eigenvalue weighted by Crippen LogP contribution is -2.07. The van der Waals surface area contributed by atoms with Crippen molar-refractivity contribution in [2.75, 3.05) is 32.4 Å². The molecule has 0 atom stereocenters. The van der Waals surface area contributed by atoms with Gasteiger partial charge in [0.2, 0.25) is 11.7 Å². The molecule has 2 aromatic heterocycles. The first-order valence-electron chi connectivity index (χ1n) is 8.60. The highest BCUT2D eigenvalue weighted by Crippen LogP contribution is 2.38. The molecule has 9 nitrogen and oxygen atoms in total. The van der Waals surface area contributed by atoms with E-state index in [-0.39, 0.29) is 0 Å². The Morgan fingerprint density at radius 3 is 2.32 bits per heavy atom. The fourth-order valence-electron chi connectivity index (χ4n) is 2.76. The van der Waals surface area contributed by atoms with Crippen LogP contribution in [0.4, 0.5) is 11.8 Å². The predicted octanol–water partition coefficient (Wildman–Crippen LogP) is 2.58. The smallest absolute Gasteiger partial charge is 0.224 e. The van der Waals surface area contributed by atoms with Gasteiger partial charge in [-0.15, -0.1) is 0 Å². The third-order valence-corrected chi connectivity index (χ3v) is 4.11. The van der Waals surface area contributed by atoms with E-state index in [0.717, 1.165) is 16.8 Å². The number of nitrogens with two attached hydrogens (primary N) is 1. The fourth-order valence-corrected chi connectivity index (χ4v) is 2.76. The van der Waals surface area contributed by atoms with Gasteiger partial charge in [0.05, 0.1) is 33.6 Å². The maximum absolute atomic E-state index is 6.13. The van der Waals surface area contributed by atoms with E-state index in [9.17, 15) is 0 Å². The largest absolute Gasteiger partial charge is 0.493 e. The van der Waals surface area contributed by atoms with E-state index in [4.69, 9.17) is 24.5 Å². The highest BCUT2D eigenvalue weighted by Gasteiger charge is 2.15. The van der Waals surface area contributed by atoms with Crippen molar-refractivity contribution >= 4 is 11.8 Å². The van der Waals surface area contributed by atoms with Gasteiger partial charge in [0.1, 0.15) is 5.82 Å². The van der Waals surface area contributed by atoms with E-state index < -0.39 is 0 Å². The molecule has 0 fully saturated rings. The van der Waals surface area contributed by atoms with Crippen molar-refractivity contribution in [1.82, 2.24) is 15.1 Å². The molecule has 9 heteroatoms. The summed E-state index contributed by atoms with van der Waals surface area (Å²) >= 11 is 0. The Bertz CT molecular complexity index is 932. The maximum Gasteiger partial charge on any atom is 0.224 e. The van der Waals surface area contributed by atoms with E-state index >= 15 is 0 Å². The zero-order valence-electron chi connectivity index (χ0n) is 16.3. The van der Waals surface area contributed by atoms with Crippen LogP contribution in [0.3, 0.4) is 0 Å². The summed E-state index contributed by atoms with van der Waals surface area (Å²) in [6.07, 6.45) is 2.21. The SMILES string of the molecule is COc1cc(Cc2cnc(NCc3cc(C)no3)nc2N)cc(OC)c1OC. The standard InChI is InChI=1S/C19H23N5O4/c1-11-5-14(28-24-11)10-22-19-21-9-13(18(20)23-19)6-12-7-15(25-2)17(27-4)16(8-12)26-3/h5,7-9H,6,10H2,1-4H3,(H3,20,21,22,23). The minimum Gasteiger partial charge on any atom is -0.493 e. The topological polar surface area (TPSA) is 118 Å². The first-order valence-corrected chi connectivity index (χ1v) is 8.60. The van der Waals surface area contributed by atoms with Crippen LogP contribution < -0.4 is 25.3 Å². The number of nitrogens with zero attached hydrogens (tertiary/aromatic N) is 3. The summed E-state index contributed by atoms with van der Waals surface area (Å²) in [6.45, 7) is 2.28. The number of methoxy groups -OCH3 is 3. The Kier molecular flexibility index (Phi) is 5.83. The minimum absolute atomic E-state index is 0.389. The molecule has 0 spiro atoms. The average Bonchev–Trinajstić information content (AvgIpc) is 3.12. The number of rotatable bonds is 8. The van der Waals surface area contributed by atoms with Crippen molar-refractivity contribution in [3.63, 3.8) is 0 Å². The summed E-state index contributed by atoms with van der Waals surface area (Å²) in [4.78, 5) is 8.64. The van der Waals surface area contributed by atoms with Crippen molar-refractivity contribution in [3.8, 4) is 17.2 Å². The van der Waals surface area contributed by atoms with Gasteiger partial charge in [-0.2, -0.15) is 4.98 Å². The predicted molar refractivity (Wildman–Crippen MR) is 104 cm³/mol. The van der Waals surface area contributed by atoms with Crippen LogP contribution in [0.25, 0.3) is 0 Å². The number of aromatic nitrogens is 3. The van der Waals surface area contributed by atoms with Gasteiger partial charge >= 0.3 is 0 Å². The quantitative estimate of drug-likeness (QED) is 0.603. The van der Waals surface area contributed by atoms with Crippen molar-refractivity contribution in [2.24, 2.45) is 0 Å². The van der Waals surface area contributed by atoms with Gasteiger partial charge in [-0.05, 0) is 24.6 Å². The van der Waals surface area contributed by atoms with Crippen LogP contribution in [0.5, 0.6) is 17.2 Å². The normalized spacial score (nSPS) is 10.6. The molecule has 28 heavy (non-hydrogen) atoms. The highest BCUT2D eigenvalue weighted by atomic mass is 16.5. The van der Waals surface area contributed by atoms with Gasteiger partial charge in [0.15, 0.2) is 17.3 Å². The summed E-state index contributed by atoms with van der Waals surface area (Å²) in [5, 5.41) is 6.90. The van der Waals surface area contributed by atoms with Crippen molar-refractivity contribution < 1.29 is 18.7 Å². The van der Waals surface area contributed by atoms with E-state index in [0.29, 0.717) is 47.7 Å². The molecular weight excluding hydrogens is 362 g/mol. The zero-order valence-corrected chi connectivity index (χ0v) is 16.3. The molecule has 0 aliphatic heterocycles. The lowest BCUT2D eigenvalue weighted by Gasteiger charge is -2.14. The summed E-state index contributed by atoms with van der Waals surface area (Å²) in [5.74, 6) is 3.20. The van der Waals surface area contributed by atoms with E-state index in [1.807, 2.05) is 25.1 Å². The number of benzene rings is 1. The van der Waals surface area contributed by atoms with Gasteiger partial charge in [-0.3, -0.25) is 0 Å². The van der Waals surface area contributed by atoms with Crippen LogP contribution in [0.15, 0.2) is 28.9 Å². The second-order valence-electron chi connectivity index (χ2n) is 6.10. The molecule has 0 aliphatic rings. The Labute approximate surface area is 162 Å². The van der Waals surface area contributed by atoms with Gasteiger partial charge in [-0.25, -0.2) is 4.98 Å². The van der Waals surface area contributed by atoms with Crippen molar-refractivity contribution in [2.45, 2.75) is 19.9 Å². The van der Waals surface area contributed by atoms with Gasteiger partial charge < -0.3 is 29.8 Å². The Morgan fingerprint density at radius 2 is 1.79 bits per heavy atom. The number of ether oxygens (including phenoxy) is 3. The van der Waals surface area contributed by atoms with E-state index in [2.05, 4.69) is 20.4 Å². The second kappa shape index (κ2) is 8.47. The third kappa shape index (κ3) is 4.25. The Morgan fingerprint density at radius 1 is 1.07 bits per heavy atom. The van der Waals surface area contributed by atoms with E-state index in [1.165, 1.54) is 0 Å². The van der Waals surface area contributed by atoms with Gasteiger partial charge in [0, 0.05) is 24.2 Å². The molecule has 3 N–H and O–H groups in total. The van der Waals surface area contributed by atoms with Crippen LogP contribution in [-0.2, 0) is 13.0 Å². The lowest BCUT2D eigenvalue weighted by molar-refractivity contribution is 0.324. The Balaban J connectivity index is 1.75. The molecule has 0 saturated heterocycles. The number of nitrogen functional groups attached to an aromatic ring is 1. The van der Waals surface area contributed by atoms with Crippen LogP contribution in [0.1, 0.15) is 22.6 Å². The summed E-state index contributed by atoms with van der Waals surface area (Å²) < 4.78 is 21.3. The lowest BCUT2D eigenvalue weighted by atomic mass is 10.1. The fraction of sp³-hybridized carbons (Fsp3) is 0.316. The molecule has 2 heterocycles. The average molecular weight is 385 g/mol. The van der Waals surface area contributed by atoms with Crippen molar-refractivity contribution in [3.05, 3.63) is 47.0 Å². The molecule has 0 bridgehead atoms. The molecule has 3 aromatic rings. The zero-order chi connectivity index (χ0) is 20.1. The van der Waals surface area contributed by atoms with Crippen LogP contribution in [-0.4, -0.2) is 36.5 Å². The Hall–Kier alpha value is -3.49. The number of hydrogen-bond acceptors (Lipinski definition) is 9. The minimum atomic E-state index is 0.389. The molecular formula is C19H23N5O4. The maximum atomic E-state index is 6.13. The molecule has 0 aliphatic carbocycles. The number of hydrogen-bond donors (Lipinski definition) is 2. The van der Waals surface area contributed by atoms with Crippen LogP contribution in [0, 0.1) is 6.92 Å². The van der Waals surface area contributed by atoms with Crippen LogP contribution >= 0.6 is 0 Å². The molecule has 0 amide bonds. The number of aryl methyl sites for hydroxylation is 1. The monoisotopic (exact) mass is 385 g/mol. The molecule has 0 radical (unpaired) electrons. The molecule has 0 saturated carbocycles. The summed E-state index contributed by atoms with van der Waals surface area (Å²) in [6, 6.07) is 5.59. The first kappa shape index (κ1) is 19.3. The molecule has 0 unspecified atom stereocenters. The third-order valence-electron chi connectivity index (χ3n) is 4.11. The number of anilines is 2. The van der Waals surface area contributed by atoms with Gasteiger partial charge in [0.25, 0.3) is 0 Å².